The number of aliphatic imine (C=N–C) groups is 1. The Morgan fingerprint density at radius 1 is 1.44 bits per heavy atom. The molecule has 1 aliphatic rings. The third kappa shape index (κ3) is 2.38. The highest BCUT2D eigenvalue weighted by molar-refractivity contribution is 5.90. The smallest absolute Gasteiger partial charge is 0.343 e. The first-order valence-corrected chi connectivity index (χ1v) is 4.96. The molecule has 5 N–H and O–H groups in total. The summed E-state index contributed by atoms with van der Waals surface area (Å²) in [5, 5.41) is 38.6. The van der Waals surface area contributed by atoms with E-state index in [9.17, 15) is 4.79 Å². The molecule has 1 atom stereocenters. The van der Waals surface area contributed by atoms with Crippen LogP contribution in [0.2, 0.25) is 0 Å². The normalized spacial score (nSPS) is 23.5. The van der Waals surface area contributed by atoms with Crippen LogP contribution in [0, 0.1) is 5.92 Å². The van der Waals surface area contributed by atoms with Crippen molar-refractivity contribution in [1.29, 1.82) is 0 Å². The largest absolute Gasteiger partial charge is 0.344 e. The lowest BCUT2D eigenvalue weighted by atomic mass is 9.98. The summed E-state index contributed by atoms with van der Waals surface area (Å²) < 4.78 is 0. The quantitative estimate of drug-likeness (QED) is 0.367. The van der Waals surface area contributed by atoms with Gasteiger partial charge in [0.1, 0.15) is 11.6 Å². The average Bonchev–Trinajstić information content (AvgIpc) is 2.31. The lowest BCUT2D eigenvalue weighted by molar-refractivity contribution is -0.350. The van der Waals surface area contributed by atoms with Gasteiger partial charge in [0, 0.05) is 12.3 Å². The lowest BCUT2D eigenvalue weighted by Crippen LogP contribution is -2.58. The maximum Gasteiger partial charge on any atom is 0.344 e. The van der Waals surface area contributed by atoms with E-state index < -0.39 is 11.8 Å². The van der Waals surface area contributed by atoms with Crippen LogP contribution < -0.4 is 5.32 Å². The summed E-state index contributed by atoms with van der Waals surface area (Å²) in [6.45, 7) is 3.22. The summed E-state index contributed by atoms with van der Waals surface area (Å²) in [6, 6.07) is 0. The number of nitrogens with one attached hydrogen (secondary N) is 1. The Labute approximate surface area is 92.4 Å². The molecular formula is C9H16N2O5. The Balaban J connectivity index is 2.75. The Morgan fingerprint density at radius 3 is 2.31 bits per heavy atom. The molecule has 0 bridgehead atoms. The summed E-state index contributed by atoms with van der Waals surface area (Å²) in [7, 11) is 0. The molecule has 1 rings (SSSR count). The van der Waals surface area contributed by atoms with E-state index in [0.29, 0.717) is 6.42 Å². The molecule has 0 aromatic heterocycles. The van der Waals surface area contributed by atoms with Crippen LogP contribution in [-0.4, -0.2) is 43.9 Å². The van der Waals surface area contributed by atoms with Crippen LogP contribution in [0.3, 0.4) is 0 Å². The van der Waals surface area contributed by atoms with Gasteiger partial charge in [-0.1, -0.05) is 6.92 Å². The van der Waals surface area contributed by atoms with Gasteiger partial charge < -0.3 is 25.7 Å². The van der Waals surface area contributed by atoms with E-state index in [1.54, 1.807) is 6.92 Å². The SMILES string of the molecule is CCC(CC1=NC(O)(O)C(O)(O)N1)C(C)=O. The number of ketones is 1. The standard InChI is InChI=1S/C9H16N2O5/c1-3-6(5(2)12)4-7-10-8(13,14)9(15,16)11-7/h6,13-16H,3-4H2,1-2H3,(H,10,11). The zero-order valence-corrected chi connectivity index (χ0v) is 9.14. The zero-order chi connectivity index (χ0) is 12.6. The van der Waals surface area contributed by atoms with Gasteiger partial charge >= 0.3 is 11.8 Å². The van der Waals surface area contributed by atoms with Crippen molar-refractivity contribution in [2.45, 2.75) is 38.5 Å². The maximum absolute atomic E-state index is 11.2. The van der Waals surface area contributed by atoms with Gasteiger partial charge in [-0.15, -0.1) is 0 Å². The molecule has 7 heteroatoms. The van der Waals surface area contributed by atoms with Gasteiger partial charge in [0.05, 0.1) is 0 Å². The van der Waals surface area contributed by atoms with Gasteiger partial charge in [-0.25, -0.2) is 4.99 Å². The van der Waals surface area contributed by atoms with E-state index in [2.05, 4.69) is 4.99 Å². The number of Topliss-reactive ketones (excluding diaryl/α,β-unsaturated/α-hetero) is 1. The van der Waals surface area contributed by atoms with Gasteiger partial charge in [-0.3, -0.25) is 4.79 Å². The molecule has 1 heterocycles. The maximum atomic E-state index is 11.2. The van der Waals surface area contributed by atoms with Crippen molar-refractivity contribution in [1.82, 2.24) is 5.32 Å². The predicted octanol–water partition coefficient (Wildman–Crippen LogP) is -1.73. The third-order valence-electron chi connectivity index (χ3n) is 2.58. The second-order valence-corrected chi connectivity index (χ2v) is 3.91. The van der Waals surface area contributed by atoms with Crippen LogP contribution in [0.25, 0.3) is 0 Å². The predicted molar refractivity (Wildman–Crippen MR) is 54.0 cm³/mol. The van der Waals surface area contributed by atoms with Crippen LogP contribution in [-0.2, 0) is 4.79 Å². The monoisotopic (exact) mass is 232 g/mol. The van der Waals surface area contributed by atoms with Crippen molar-refractivity contribution in [3.8, 4) is 0 Å². The Bertz CT molecular complexity index is 324. The third-order valence-corrected chi connectivity index (χ3v) is 2.58. The van der Waals surface area contributed by atoms with Crippen molar-refractivity contribution in [3.05, 3.63) is 0 Å². The highest BCUT2D eigenvalue weighted by Crippen LogP contribution is 2.24. The van der Waals surface area contributed by atoms with Crippen LogP contribution in [0.4, 0.5) is 0 Å². The Kier molecular flexibility index (Phi) is 3.34. The van der Waals surface area contributed by atoms with Gasteiger partial charge in [-0.2, -0.15) is 0 Å². The first-order valence-electron chi connectivity index (χ1n) is 4.96. The van der Waals surface area contributed by atoms with Gasteiger partial charge in [0.15, 0.2) is 0 Å². The summed E-state index contributed by atoms with van der Waals surface area (Å²) >= 11 is 0. The second-order valence-electron chi connectivity index (χ2n) is 3.91. The van der Waals surface area contributed by atoms with Gasteiger partial charge in [0.25, 0.3) is 0 Å². The molecule has 0 fully saturated rings. The Morgan fingerprint density at radius 2 is 2.00 bits per heavy atom. The first-order chi connectivity index (χ1) is 7.19. The minimum Gasteiger partial charge on any atom is -0.343 e. The highest BCUT2D eigenvalue weighted by Gasteiger charge is 2.53. The number of aliphatic hydroxyl groups is 4. The summed E-state index contributed by atoms with van der Waals surface area (Å²) in [5.74, 6) is -6.33. The number of carbonyl (C=O) groups excluding carboxylic acids is 1. The van der Waals surface area contributed by atoms with Crippen molar-refractivity contribution < 1.29 is 25.2 Å². The average molecular weight is 232 g/mol. The van der Waals surface area contributed by atoms with E-state index in [1.165, 1.54) is 6.92 Å². The number of hydrogen-bond donors (Lipinski definition) is 5. The summed E-state index contributed by atoms with van der Waals surface area (Å²) in [4.78, 5) is 14.5. The molecule has 1 aliphatic heterocycles. The summed E-state index contributed by atoms with van der Waals surface area (Å²) in [5.41, 5.74) is 0. The van der Waals surface area contributed by atoms with Gasteiger partial charge in [0.2, 0.25) is 0 Å². The van der Waals surface area contributed by atoms with E-state index >= 15 is 0 Å². The molecule has 0 spiro atoms. The lowest BCUT2D eigenvalue weighted by Gasteiger charge is -2.24. The zero-order valence-electron chi connectivity index (χ0n) is 9.14. The first kappa shape index (κ1) is 13.0. The fraction of sp³-hybridized carbons (Fsp3) is 0.778. The fourth-order valence-corrected chi connectivity index (χ4v) is 1.48. The second kappa shape index (κ2) is 4.10. The van der Waals surface area contributed by atoms with Crippen molar-refractivity contribution in [2.75, 3.05) is 0 Å². The molecule has 92 valence electrons. The van der Waals surface area contributed by atoms with Crippen molar-refractivity contribution in [3.63, 3.8) is 0 Å². The van der Waals surface area contributed by atoms with Crippen molar-refractivity contribution >= 4 is 11.6 Å². The topological polar surface area (TPSA) is 122 Å². The molecule has 0 amide bonds. The molecule has 0 aromatic carbocycles. The molecule has 16 heavy (non-hydrogen) atoms. The van der Waals surface area contributed by atoms with E-state index in [1.807, 2.05) is 5.32 Å². The molecule has 1 unspecified atom stereocenters. The molecule has 7 nitrogen and oxygen atoms in total. The van der Waals surface area contributed by atoms with E-state index in [-0.39, 0.29) is 24.0 Å². The van der Waals surface area contributed by atoms with Crippen LogP contribution in [0.15, 0.2) is 4.99 Å². The number of hydrogen-bond acceptors (Lipinski definition) is 7. The minimum absolute atomic E-state index is 0.0166. The number of nitrogens with zero attached hydrogens (tertiary/aromatic N) is 1. The van der Waals surface area contributed by atoms with Crippen molar-refractivity contribution in [2.24, 2.45) is 10.9 Å². The van der Waals surface area contributed by atoms with Crippen LogP contribution in [0.1, 0.15) is 26.7 Å². The molecular weight excluding hydrogens is 216 g/mol. The highest BCUT2D eigenvalue weighted by atomic mass is 16.6. The number of amidine groups is 1. The van der Waals surface area contributed by atoms with Gasteiger partial charge in [-0.05, 0) is 13.3 Å². The fourth-order valence-electron chi connectivity index (χ4n) is 1.48. The number of carbonyl (C=O) groups is 1. The summed E-state index contributed by atoms with van der Waals surface area (Å²) in [6.07, 6.45) is 0.668. The minimum atomic E-state index is -2.99. The van der Waals surface area contributed by atoms with E-state index in [0.717, 1.165) is 0 Å². The van der Waals surface area contributed by atoms with E-state index in [4.69, 9.17) is 20.4 Å². The van der Waals surface area contributed by atoms with Crippen LogP contribution in [0.5, 0.6) is 0 Å². The van der Waals surface area contributed by atoms with Crippen LogP contribution >= 0.6 is 0 Å². The number of rotatable bonds is 4. The Hall–Kier alpha value is -1.02. The molecule has 0 radical (unpaired) electrons. The molecule has 0 aromatic rings. The molecule has 0 saturated heterocycles. The molecule has 0 saturated carbocycles. The molecule has 0 aliphatic carbocycles.